The van der Waals surface area contributed by atoms with Crippen LogP contribution in [0.4, 0.5) is 0 Å². The Morgan fingerprint density at radius 3 is 2.66 bits per heavy atom. The van der Waals surface area contributed by atoms with Gasteiger partial charge in [0.15, 0.2) is 0 Å². The summed E-state index contributed by atoms with van der Waals surface area (Å²) in [6.45, 7) is 6.46. The van der Waals surface area contributed by atoms with Gasteiger partial charge in [-0.1, -0.05) is 48.0 Å². The molecule has 0 spiro atoms. The maximum atomic E-state index is 12.8. The molecule has 168 valence electrons. The smallest absolute Gasteiger partial charge is 0.226 e. The number of carbonyl (C=O) groups is 1. The van der Waals surface area contributed by atoms with Crippen LogP contribution in [-0.2, 0) is 22.6 Å². The van der Waals surface area contributed by atoms with Crippen LogP contribution in [0.2, 0.25) is 0 Å². The number of hydrogen-bond donors (Lipinski definition) is 1. The summed E-state index contributed by atoms with van der Waals surface area (Å²) in [5.74, 6) is 0.794. The fraction of sp³-hybridized carbons (Fsp3) is 0.360. The molecule has 0 bridgehead atoms. The highest BCUT2D eigenvalue weighted by Crippen LogP contribution is 2.18. The minimum absolute atomic E-state index is 0.0246. The molecule has 2 aromatic carbocycles. The number of aryl methyl sites for hydroxylation is 1. The van der Waals surface area contributed by atoms with Crippen LogP contribution in [0.15, 0.2) is 60.0 Å². The number of thiazole rings is 1. The van der Waals surface area contributed by atoms with Crippen LogP contribution >= 0.6 is 11.3 Å². The van der Waals surface area contributed by atoms with Crippen molar-refractivity contribution in [2.75, 3.05) is 32.8 Å². The van der Waals surface area contributed by atoms with E-state index in [1.807, 2.05) is 54.8 Å². The fourth-order valence-corrected chi connectivity index (χ4v) is 4.35. The van der Waals surface area contributed by atoms with Crippen LogP contribution in [0.3, 0.4) is 0 Å². The van der Waals surface area contributed by atoms with Gasteiger partial charge < -0.3 is 14.8 Å². The van der Waals surface area contributed by atoms with Crippen LogP contribution in [0.25, 0.3) is 0 Å². The van der Waals surface area contributed by atoms with Gasteiger partial charge in [0.05, 0.1) is 31.4 Å². The minimum atomic E-state index is -0.0650. The van der Waals surface area contributed by atoms with E-state index in [4.69, 9.17) is 9.47 Å². The molecule has 6 nitrogen and oxygen atoms in total. The second-order valence-corrected chi connectivity index (χ2v) is 8.90. The molecule has 1 unspecified atom stereocenters. The summed E-state index contributed by atoms with van der Waals surface area (Å²) in [6, 6.07) is 18.0. The van der Waals surface area contributed by atoms with Crippen molar-refractivity contribution in [1.29, 1.82) is 0 Å². The van der Waals surface area contributed by atoms with Gasteiger partial charge in [-0.05, 0) is 24.6 Å². The van der Waals surface area contributed by atoms with Crippen molar-refractivity contribution in [3.8, 4) is 5.75 Å². The molecule has 1 amide bonds. The van der Waals surface area contributed by atoms with Crippen molar-refractivity contribution in [2.45, 2.75) is 26.0 Å². The molecule has 0 radical (unpaired) electrons. The Kier molecular flexibility index (Phi) is 7.87. The van der Waals surface area contributed by atoms with E-state index in [0.29, 0.717) is 6.61 Å². The molecule has 1 aliphatic heterocycles. The average Bonchev–Trinajstić information content (AvgIpc) is 3.26. The van der Waals surface area contributed by atoms with Crippen LogP contribution < -0.4 is 10.1 Å². The first kappa shape index (κ1) is 22.5. The third-order valence-corrected chi connectivity index (χ3v) is 6.28. The van der Waals surface area contributed by atoms with Crippen LogP contribution in [0.1, 0.15) is 27.9 Å². The summed E-state index contributed by atoms with van der Waals surface area (Å²) < 4.78 is 11.3. The summed E-state index contributed by atoms with van der Waals surface area (Å²) in [7, 11) is 0. The minimum Gasteiger partial charge on any atom is -0.486 e. The topological polar surface area (TPSA) is 63.7 Å². The molecule has 4 rings (SSSR count). The predicted octanol–water partition coefficient (Wildman–Crippen LogP) is 3.76. The molecule has 1 fully saturated rings. The third kappa shape index (κ3) is 6.63. The zero-order valence-corrected chi connectivity index (χ0v) is 19.1. The lowest BCUT2D eigenvalue weighted by atomic mass is 10.1. The second-order valence-electron chi connectivity index (χ2n) is 7.95. The van der Waals surface area contributed by atoms with Gasteiger partial charge in [-0.25, -0.2) is 4.98 Å². The average molecular weight is 452 g/mol. The number of hydrogen-bond acceptors (Lipinski definition) is 6. The SMILES string of the molecule is Cc1ccc(OCc2nc(CC(=O)NC(CN3CCOCC3)c3ccccc3)cs2)cc1. The number of rotatable bonds is 9. The van der Waals surface area contributed by atoms with Crippen molar-refractivity contribution in [3.05, 3.63) is 81.8 Å². The van der Waals surface area contributed by atoms with Crippen molar-refractivity contribution < 1.29 is 14.3 Å². The first-order chi connectivity index (χ1) is 15.7. The molecule has 3 aromatic rings. The molecule has 32 heavy (non-hydrogen) atoms. The first-order valence-corrected chi connectivity index (χ1v) is 11.8. The van der Waals surface area contributed by atoms with Gasteiger partial charge in [0.2, 0.25) is 5.91 Å². The molecular formula is C25H29N3O3S. The van der Waals surface area contributed by atoms with E-state index in [1.165, 1.54) is 16.9 Å². The molecule has 7 heteroatoms. The van der Waals surface area contributed by atoms with Crippen LogP contribution in [0, 0.1) is 6.92 Å². The molecular weight excluding hydrogens is 422 g/mol. The Balaban J connectivity index is 1.33. The molecule has 1 N–H and O–H groups in total. The zero-order valence-electron chi connectivity index (χ0n) is 18.3. The monoisotopic (exact) mass is 451 g/mol. The Labute approximate surface area is 193 Å². The zero-order chi connectivity index (χ0) is 22.2. The normalized spacial score (nSPS) is 15.3. The number of morpholine rings is 1. The van der Waals surface area contributed by atoms with E-state index in [2.05, 4.69) is 27.3 Å². The van der Waals surface area contributed by atoms with Gasteiger partial charge in [-0.15, -0.1) is 11.3 Å². The number of aromatic nitrogens is 1. The van der Waals surface area contributed by atoms with Crippen LogP contribution in [0.5, 0.6) is 5.75 Å². The summed E-state index contributed by atoms with van der Waals surface area (Å²) in [4.78, 5) is 19.8. The number of benzene rings is 2. The Morgan fingerprint density at radius 1 is 1.16 bits per heavy atom. The van der Waals surface area contributed by atoms with E-state index in [9.17, 15) is 4.79 Å². The van der Waals surface area contributed by atoms with Gasteiger partial charge in [0.1, 0.15) is 17.4 Å². The third-order valence-electron chi connectivity index (χ3n) is 5.41. The summed E-state index contributed by atoms with van der Waals surface area (Å²) in [6.07, 6.45) is 0.257. The standard InChI is InChI=1S/C25H29N3O3S/c1-19-7-9-22(10-8-19)31-17-25-26-21(18-32-25)15-24(29)27-23(20-5-3-2-4-6-20)16-28-11-13-30-14-12-28/h2-10,18,23H,11-17H2,1H3,(H,27,29). The van der Waals surface area contributed by atoms with Gasteiger partial charge >= 0.3 is 0 Å². The highest BCUT2D eigenvalue weighted by Gasteiger charge is 2.20. The highest BCUT2D eigenvalue weighted by atomic mass is 32.1. The lowest BCUT2D eigenvalue weighted by Crippen LogP contribution is -2.43. The number of nitrogens with one attached hydrogen (secondary N) is 1. The summed E-state index contributed by atoms with van der Waals surface area (Å²) in [5, 5.41) is 6.01. The number of nitrogens with zero attached hydrogens (tertiary/aromatic N) is 2. The lowest BCUT2D eigenvalue weighted by Gasteiger charge is -2.31. The van der Waals surface area contributed by atoms with E-state index in [0.717, 1.165) is 54.9 Å². The number of amides is 1. The van der Waals surface area contributed by atoms with Gasteiger partial charge in [-0.3, -0.25) is 9.69 Å². The molecule has 0 aliphatic carbocycles. The van der Waals surface area contributed by atoms with Gasteiger partial charge in [0, 0.05) is 25.0 Å². The van der Waals surface area contributed by atoms with Crippen molar-refractivity contribution >= 4 is 17.2 Å². The second kappa shape index (κ2) is 11.2. The summed E-state index contributed by atoms with van der Waals surface area (Å²) in [5.41, 5.74) is 3.08. The Morgan fingerprint density at radius 2 is 1.91 bits per heavy atom. The Hall–Kier alpha value is -2.74. The number of carbonyl (C=O) groups excluding carboxylic acids is 1. The van der Waals surface area contributed by atoms with E-state index >= 15 is 0 Å². The van der Waals surface area contributed by atoms with E-state index in [-0.39, 0.29) is 18.4 Å². The van der Waals surface area contributed by atoms with Gasteiger partial charge in [-0.2, -0.15) is 0 Å². The Bertz CT molecular complexity index is 985. The van der Waals surface area contributed by atoms with E-state index < -0.39 is 0 Å². The van der Waals surface area contributed by atoms with Crippen molar-refractivity contribution in [2.24, 2.45) is 0 Å². The maximum Gasteiger partial charge on any atom is 0.226 e. The quantitative estimate of drug-likeness (QED) is 0.537. The fourth-order valence-electron chi connectivity index (χ4n) is 3.65. The van der Waals surface area contributed by atoms with Gasteiger partial charge in [0.25, 0.3) is 0 Å². The van der Waals surface area contributed by atoms with E-state index in [1.54, 1.807) is 0 Å². The van der Waals surface area contributed by atoms with Crippen LogP contribution in [-0.4, -0.2) is 48.6 Å². The lowest BCUT2D eigenvalue weighted by molar-refractivity contribution is -0.121. The molecule has 1 atom stereocenters. The molecule has 1 aliphatic rings. The molecule has 1 saturated heterocycles. The first-order valence-electron chi connectivity index (χ1n) is 10.9. The summed E-state index contributed by atoms with van der Waals surface area (Å²) >= 11 is 1.52. The molecule has 0 saturated carbocycles. The maximum absolute atomic E-state index is 12.8. The molecule has 2 heterocycles. The highest BCUT2D eigenvalue weighted by molar-refractivity contribution is 7.09. The largest absolute Gasteiger partial charge is 0.486 e. The molecule has 1 aromatic heterocycles. The number of ether oxygens (including phenoxy) is 2. The predicted molar refractivity (Wildman–Crippen MR) is 126 cm³/mol. The van der Waals surface area contributed by atoms with Crippen molar-refractivity contribution in [3.63, 3.8) is 0 Å². The van der Waals surface area contributed by atoms with Crippen molar-refractivity contribution in [1.82, 2.24) is 15.2 Å².